The minimum absolute atomic E-state index is 0.317. The van der Waals surface area contributed by atoms with Crippen LogP contribution >= 0.6 is 0 Å². The molecule has 2 rings (SSSR count). The molecule has 0 bridgehead atoms. The van der Waals surface area contributed by atoms with Crippen molar-refractivity contribution in [2.24, 2.45) is 0 Å². The van der Waals surface area contributed by atoms with Crippen molar-refractivity contribution in [3.63, 3.8) is 0 Å². The highest BCUT2D eigenvalue weighted by molar-refractivity contribution is 7.92. The van der Waals surface area contributed by atoms with Crippen LogP contribution in [0.15, 0.2) is 24.3 Å². The summed E-state index contributed by atoms with van der Waals surface area (Å²) in [6, 6.07) is 8.02. The Morgan fingerprint density at radius 3 is 2.69 bits per heavy atom. The molecule has 0 saturated carbocycles. The Kier molecular flexibility index (Phi) is 9.43. The summed E-state index contributed by atoms with van der Waals surface area (Å²) in [5.41, 5.74) is 1.75. The second-order valence-electron chi connectivity index (χ2n) is 8.21. The van der Waals surface area contributed by atoms with Crippen LogP contribution < -0.4 is 4.72 Å². The average Bonchev–Trinajstić information content (AvgIpc) is 2.64. The maximum atomic E-state index is 11.9. The third kappa shape index (κ3) is 8.74. The Bertz CT molecular complexity index is 751. The Morgan fingerprint density at radius 1 is 1.21 bits per heavy atom. The molecule has 0 spiro atoms. The molecular formula is C22H37N3O3S. The maximum Gasteiger partial charge on any atom is 0.229 e. The molecule has 0 aliphatic carbocycles. The van der Waals surface area contributed by atoms with Crippen molar-refractivity contribution in [3.8, 4) is 0 Å². The van der Waals surface area contributed by atoms with Crippen molar-refractivity contribution < 1.29 is 13.2 Å². The van der Waals surface area contributed by atoms with Crippen molar-refractivity contribution in [2.75, 3.05) is 37.2 Å². The van der Waals surface area contributed by atoms with E-state index in [2.05, 4.69) is 29.5 Å². The molecule has 1 aromatic rings. The van der Waals surface area contributed by atoms with E-state index in [9.17, 15) is 13.2 Å². The Morgan fingerprint density at radius 2 is 2.00 bits per heavy atom. The molecule has 7 heteroatoms. The molecule has 1 aliphatic heterocycles. The summed E-state index contributed by atoms with van der Waals surface area (Å²) in [5.74, 6) is 0.317. The SMILES string of the molecule is CCCN(CCCCN1CCCCC1=O)C(C)Cc1cccc(NS(C)(=O)=O)c1. The van der Waals surface area contributed by atoms with E-state index >= 15 is 0 Å². The van der Waals surface area contributed by atoms with Crippen molar-refractivity contribution in [3.05, 3.63) is 29.8 Å². The number of benzene rings is 1. The molecule has 0 aromatic heterocycles. The maximum absolute atomic E-state index is 11.9. The lowest BCUT2D eigenvalue weighted by molar-refractivity contribution is -0.133. The zero-order chi connectivity index (χ0) is 21.3. The van der Waals surface area contributed by atoms with E-state index in [-0.39, 0.29) is 0 Å². The van der Waals surface area contributed by atoms with Gasteiger partial charge in [-0.15, -0.1) is 0 Å². The number of hydrogen-bond acceptors (Lipinski definition) is 4. The molecule has 0 radical (unpaired) electrons. The summed E-state index contributed by atoms with van der Waals surface area (Å²) in [6.45, 7) is 8.31. The summed E-state index contributed by atoms with van der Waals surface area (Å²) in [4.78, 5) is 16.5. The van der Waals surface area contributed by atoms with Crippen LogP contribution in [-0.2, 0) is 21.2 Å². The summed E-state index contributed by atoms with van der Waals surface area (Å²) in [7, 11) is -3.26. The van der Waals surface area contributed by atoms with Crippen molar-refractivity contribution in [1.82, 2.24) is 9.80 Å². The standard InChI is InChI=1S/C22H37N3O3S/c1-4-13-24(14-7-8-16-25-15-6-5-12-22(25)26)19(2)17-20-10-9-11-21(18-20)23-29(3,27)28/h9-11,18-19,23H,4-8,12-17H2,1-3H3. The molecule has 164 valence electrons. The van der Waals surface area contributed by atoms with Gasteiger partial charge in [0.15, 0.2) is 0 Å². The highest BCUT2D eigenvalue weighted by Gasteiger charge is 2.18. The monoisotopic (exact) mass is 423 g/mol. The predicted molar refractivity (Wildman–Crippen MR) is 120 cm³/mol. The lowest BCUT2D eigenvalue weighted by Crippen LogP contribution is -2.38. The van der Waals surface area contributed by atoms with E-state index in [1.807, 2.05) is 17.0 Å². The average molecular weight is 424 g/mol. The van der Waals surface area contributed by atoms with Crippen molar-refractivity contribution in [2.45, 2.75) is 64.8 Å². The molecule has 1 aromatic carbocycles. The van der Waals surface area contributed by atoms with Gasteiger partial charge >= 0.3 is 0 Å². The second-order valence-corrected chi connectivity index (χ2v) is 9.96. The van der Waals surface area contributed by atoms with E-state index in [0.717, 1.165) is 70.3 Å². The molecule has 1 fully saturated rings. The van der Waals surface area contributed by atoms with Crippen LogP contribution in [0.3, 0.4) is 0 Å². The molecule has 29 heavy (non-hydrogen) atoms. The van der Waals surface area contributed by atoms with Gasteiger partial charge in [0.05, 0.1) is 6.26 Å². The Hall–Kier alpha value is -1.60. The predicted octanol–water partition coefficient (Wildman–Crippen LogP) is 3.49. The highest BCUT2D eigenvalue weighted by atomic mass is 32.2. The first-order chi connectivity index (χ1) is 13.8. The smallest absolute Gasteiger partial charge is 0.229 e. The Labute approximate surface area is 176 Å². The van der Waals surface area contributed by atoms with Gasteiger partial charge in [-0.25, -0.2) is 8.42 Å². The molecule has 1 amide bonds. The quantitative estimate of drug-likeness (QED) is 0.523. The van der Waals surface area contributed by atoms with Gasteiger partial charge in [-0.1, -0.05) is 19.1 Å². The lowest BCUT2D eigenvalue weighted by Gasteiger charge is -2.30. The van der Waals surface area contributed by atoms with Crippen molar-refractivity contribution >= 4 is 21.6 Å². The number of likely N-dealkylation sites (tertiary alicyclic amines) is 1. The van der Waals surface area contributed by atoms with Gasteiger partial charge in [0, 0.05) is 31.2 Å². The largest absolute Gasteiger partial charge is 0.343 e. The molecule has 1 N–H and O–H groups in total. The van der Waals surface area contributed by atoms with E-state index in [1.165, 1.54) is 6.26 Å². The van der Waals surface area contributed by atoms with E-state index < -0.39 is 10.0 Å². The Balaban J connectivity index is 1.84. The number of carbonyl (C=O) groups is 1. The third-order valence-electron chi connectivity index (χ3n) is 5.44. The van der Waals surface area contributed by atoms with Gasteiger partial charge in [-0.05, 0) is 76.2 Å². The van der Waals surface area contributed by atoms with Gasteiger partial charge < -0.3 is 9.80 Å². The number of unbranched alkanes of at least 4 members (excludes halogenated alkanes) is 1. The second kappa shape index (κ2) is 11.6. The molecule has 1 aliphatic rings. The van der Waals surface area contributed by atoms with Gasteiger partial charge in [0.2, 0.25) is 15.9 Å². The summed E-state index contributed by atoms with van der Waals surface area (Å²) in [5, 5.41) is 0. The number of anilines is 1. The van der Waals surface area contributed by atoms with Crippen LogP contribution in [-0.4, -0.2) is 62.6 Å². The van der Waals surface area contributed by atoms with Crippen LogP contribution in [0.25, 0.3) is 0 Å². The zero-order valence-electron chi connectivity index (χ0n) is 18.2. The first-order valence-corrected chi connectivity index (χ1v) is 12.8. The fourth-order valence-electron chi connectivity index (χ4n) is 4.00. The minimum Gasteiger partial charge on any atom is -0.343 e. The number of sulfonamides is 1. The molecule has 1 heterocycles. The highest BCUT2D eigenvalue weighted by Crippen LogP contribution is 2.17. The van der Waals surface area contributed by atoms with Crippen LogP contribution in [0.5, 0.6) is 0 Å². The first-order valence-electron chi connectivity index (χ1n) is 10.9. The van der Waals surface area contributed by atoms with Gasteiger partial charge in [-0.3, -0.25) is 9.52 Å². The van der Waals surface area contributed by atoms with Crippen LogP contribution in [0.2, 0.25) is 0 Å². The summed E-state index contributed by atoms with van der Waals surface area (Å²) in [6.07, 6.45) is 8.18. The summed E-state index contributed by atoms with van der Waals surface area (Å²) >= 11 is 0. The number of hydrogen-bond donors (Lipinski definition) is 1. The van der Waals surface area contributed by atoms with E-state index in [4.69, 9.17) is 0 Å². The van der Waals surface area contributed by atoms with Gasteiger partial charge in [-0.2, -0.15) is 0 Å². The van der Waals surface area contributed by atoms with E-state index in [0.29, 0.717) is 24.1 Å². The topological polar surface area (TPSA) is 69.7 Å². The normalized spacial score (nSPS) is 16.3. The molecule has 1 saturated heterocycles. The van der Waals surface area contributed by atoms with Crippen molar-refractivity contribution in [1.29, 1.82) is 0 Å². The van der Waals surface area contributed by atoms with Crippen LogP contribution in [0.4, 0.5) is 5.69 Å². The molecule has 1 atom stereocenters. The third-order valence-corrected chi connectivity index (χ3v) is 6.05. The number of amides is 1. The first kappa shape index (κ1) is 23.7. The van der Waals surface area contributed by atoms with Crippen LogP contribution in [0, 0.1) is 0 Å². The number of piperidine rings is 1. The van der Waals surface area contributed by atoms with Gasteiger partial charge in [0.25, 0.3) is 0 Å². The number of rotatable bonds is 12. The minimum atomic E-state index is -3.26. The van der Waals surface area contributed by atoms with Gasteiger partial charge in [0.1, 0.15) is 0 Å². The fraction of sp³-hybridized carbons (Fsp3) is 0.682. The molecule has 1 unspecified atom stereocenters. The number of nitrogens with one attached hydrogen (secondary N) is 1. The lowest BCUT2D eigenvalue weighted by atomic mass is 10.0. The summed E-state index contributed by atoms with van der Waals surface area (Å²) < 4.78 is 25.5. The number of nitrogens with zero attached hydrogens (tertiary/aromatic N) is 2. The zero-order valence-corrected chi connectivity index (χ0v) is 19.0. The van der Waals surface area contributed by atoms with E-state index in [1.54, 1.807) is 6.07 Å². The fourth-order valence-corrected chi connectivity index (χ4v) is 4.56. The van der Waals surface area contributed by atoms with Crippen LogP contribution in [0.1, 0.15) is 57.9 Å². The molecular weight excluding hydrogens is 386 g/mol. The number of carbonyl (C=O) groups excluding carboxylic acids is 1. The molecule has 6 nitrogen and oxygen atoms in total.